The maximum atomic E-state index is 11.7. The van der Waals surface area contributed by atoms with Crippen molar-refractivity contribution in [2.75, 3.05) is 6.61 Å². The Hall–Kier alpha value is -2.48. The number of aromatic amines is 1. The second-order valence-corrected chi connectivity index (χ2v) is 6.51. The minimum atomic E-state index is -0.970. The van der Waals surface area contributed by atoms with Crippen LogP contribution in [0.25, 0.3) is 16.6 Å². The summed E-state index contributed by atoms with van der Waals surface area (Å²) in [6.07, 6.45) is 5.56. The van der Waals surface area contributed by atoms with Crippen molar-refractivity contribution in [2.24, 2.45) is 5.92 Å². The number of carbonyl (C=O) groups excluding carboxylic acids is 1. The van der Waals surface area contributed by atoms with Crippen molar-refractivity contribution in [3.63, 3.8) is 0 Å². The van der Waals surface area contributed by atoms with Gasteiger partial charge in [0.25, 0.3) is 0 Å². The smallest absolute Gasteiger partial charge is 0.531 e. The molecule has 8 heteroatoms. The Morgan fingerprint density at radius 1 is 1.56 bits per heavy atom. The van der Waals surface area contributed by atoms with Crippen LogP contribution in [0.15, 0.2) is 24.4 Å². The highest BCUT2D eigenvalue weighted by atomic mass is 16.5. The summed E-state index contributed by atoms with van der Waals surface area (Å²) >= 11 is 0. The predicted molar refractivity (Wildman–Crippen MR) is 94.0 cm³/mol. The maximum Gasteiger partial charge on any atom is 0.552 e. The second kappa shape index (κ2) is 6.44. The van der Waals surface area contributed by atoms with Crippen molar-refractivity contribution in [1.82, 2.24) is 15.3 Å². The lowest BCUT2D eigenvalue weighted by atomic mass is 9.68. The van der Waals surface area contributed by atoms with Gasteiger partial charge in [0.05, 0.1) is 12.8 Å². The molecule has 130 valence electrons. The van der Waals surface area contributed by atoms with Crippen LogP contribution in [-0.2, 0) is 4.74 Å². The lowest BCUT2D eigenvalue weighted by Gasteiger charge is -2.39. The maximum absolute atomic E-state index is 11.7. The minimum absolute atomic E-state index is 0.0993. The Morgan fingerprint density at radius 2 is 2.40 bits per heavy atom. The van der Waals surface area contributed by atoms with E-state index in [0.717, 1.165) is 41.4 Å². The first-order valence-electron chi connectivity index (χ1n) is 8.62. The van der Waals surface area contributed by atoms with Crippen LogP contribution in [-0.4, -0.2) is 40.9 Å². The number of carbonyl (C=O) groups is 1. The lowest BCUT2D eigenvalue weighted by Crippen LogP contribution is -2.45. The fourth-order valence-corrected chi connectivity index (χ4v) is 3.51. The summed E-state index contributed by atoms with van der Waals surface area (Å²) in [5.74, 6) is 2.61. The fourth-order valence-electron chi connectivity index (χ4n) is 3.51. The number of ether oxygens (including phenoxy) is 1. The van der Waals surface area contributed by atoms with E-state index in [0.29, 0.717) is 12.4 Å². The summed E-state index contributed by atoms with van der Waals surface area (Å²) in [5, 5.41) is 13.9. The number of hydrogen-bond donors (Lipinski definition) is 3. The van der Waals surface area contributed by atoms with E-state index in [4.69, 9.17) is 9.39 Å². The van der Waals surface area contributed by atoms with Gasteiger partial charge in [-0.1, -0.05) is 6.92 Å². The molecule has 2 aliphatic rings. The SMILES string of the molecule is CCCOC(=O)NC1CC(C2=CB(O)Oc3cnc4[nH]ccc4c32)C1. The molecule has 0 bridgehead atoms. The number of nitrogens with zero attached hydrogens (tertiary/aromatic N) is 1. The number of amides is 1. The molecule has 1 aliphatic carbocycles. The summed E-state index contributed by atoms with van der Waals surface area (Å²) in [7, 11) is -0.970. The largest absolute Gasteiger partial charge is 0.552 e. The first-order valence-corrected chi connectivity index (χ1v) is 8.62. The van der Waals surface area contributed by atoms with Gasteiger partial charge in [0.1, 0.15) is 11.4 Å². The Bertz CT molecular complexity index is 828. The molecule has 1 aliphatic heterocycles. The van der Waals surface area contributed by atoms with Crippen molar-refractivity contribution >= 4 is 29.8 Å². The second-order valence-electron chi connectivity index (χ2n) is 6.51. The number of fused-ring (bicyclic) bond motifs is 3. The number of H-pyrrole nitrogens is 1. The molecule has 25 heavy (non-hydrogen) atoms. The highest BCUT2D eigenvalue weighted by Gasteiger charge is 2.38. The van der Waals surface area contributed by atoms with Gasteiger partial charge in [-0.3, -0.25) is 0 Å². The van der Waals surface area contributed by atoms with Gasteiger partial charge < -0.3 is 24.7 Å². The molecule has 1 fully saturated rings. The van der Waals surface area contributed by atoms with Crippen LogP contribution in [0.3, 0.4) is 0 Å². The zero-order chi connectivity index (χ0) is 17.4. The average Bonchev–Trinajstić information content (AvgIpc) is 3.03. The molecule has 3 N–H and O–H groups in total. The predicted octanol–water partition coefficient (Wildman–Crippen LogP) is 2.27. The summed E-state index contributed by atoms with van der Waals surface area (Å²) in [5.41, 5.74) is 2.83. The van der Waals surface area contributed by atoms with E-state index in [9.17, 15) is 9.82 Å². The van der Waals surface area contributed by atoms with Gasteiger partial charge in [-0.05, 0) is 42.8 Å². The van der Waals surface area contributed by atoms with Crippen LogP contribution in [0.2, 0.25) is 0 Å². The summed E-state index contributed by atoms with van der Waals surface area (Å²) in [4.78, 5) is 19.1. The van der Waals surface area contributed by atoms with Gasteiger partial charge >= 0.3 is 13.2 Å². The average molecular weight is 341 g/mol. The van der Waals surface area contributed by atoms with Crippen molar-refractivity contribution in [3.8, 4) is 5.75 Å². The summed E-state index contributed by atoms with van der Waals surface area (Å²) in [6, 6.07) is 2.06. The molecule has 1 amide bonds. The van der Waals surface area contributed by atoms with E-state index in [1.807, 2.05) is 19.2 Å². The van der Waals surface area contributed by atoms with Crippen LogP contribution in [0.4, 0.5) is 4.79 Å². The van der Waals surface area contributed by atoms with E-state index < -0.39 is 7.12 Å². The number of alkyl carbamates (subject to hydrolysis) is 1. The van der Waals surface area contributed by atoms with Crippen molar-refractivity contribution < 1.29 is 19.2 Å². The third-order valence-electron chi connectivity index (χ3n) is 4.75. The van der Waals surface area contributed by atoms with Crippen molar-refractivity contribution in [1.29, 1.82) is 0 Å². The van der Waals surface area contributed by atoms with Gasteiger partial charge in [-0.2, -0.15) is 0 Å². The summed E-state index contributed by atoms with van der Waals surface area (Å²) < 4.78 is 10.6. The van der Waals surface area contributed by atoms with Gasteiger partial charge in [-0.15, -0.1) is 0 Å². The van der Waals surface area contributed by atoms with Crippen LogP contribution in [0.5, 0.6) is 5.75 Å². The zero-order valence-electron chi connectivity index (χ0n) is 14.0. The molecule has 4 rings (SSSR count). The number of allylic oxidation sites excluding steroid dienone is 1. The van der Waals surface area contributed by atoms with Crippen LogP contribution in [0, 0.1) is 5.92 Å². The number of rotatable bonds is 4. The van der Waals surface area contributed by atoms with E-state index in [1.54, 1.807) is 12.2 Å². The number of hydrogen-bond acceptors (Lipinski definition) is 5. The quantitative estimate of drug-likeness (QED) is 0.742. The minimum Gasteiger partial charge on any atom is -0.531 e. The molecular weight excluding hydrogens is 321 g/mol. The molecule has 0 atom stereocenters. The van der Waals surface area contributed by atoms with E-state index in [2.05, 4.69) is 15.3 Å². The van der Waals surface area contributed by atoms with Crippen LogP contribution in [0.1, 0.15) is 31.7 Å². The van der Waals surface area contributed by atoms with Gasteiger partial charge in [-0.25, -0.2) is 9.78 Å². The normalized spacial score (nSPS) is 21.8. The zero-order valence-corrected chi connectivity index (χ0v) is 14.0. The topological polar surface area (TPSA) is 96.5 Å². The fraction of sp³-hybridized carbons (Fsp3) is 0.412. The molecular formula is C17H20BN3O4. The molecule has 0 aromatic carbocycles. The molecule has 2 aromatic heterocycles. The summed E-state index contributed by atoms with van der Waals surface area (Å²) in [6.45, 7) is 2.39. The molecule has 2 aromatic rings. The molecule has 0 spiro atoms. The molecule has 0 unspecified atom stereocenters. The molecule has 3 heterocycles. The Balaban J connectivity index is 1.51. The van der Waals surface area contributed by atoms with Gasteiger partial charge in [0.15, 0.2) is 0 Å². The third-order valence-corrected chi connectivity index (χ3v) is 4.75. The molecule has 0 saturated heterocycles. The number of aromatic nitrogens is 2. The van der Waals surface area contributed by atoms with Gasteiger partial charge in [0.2, 0.25) is 0 Å². The van der Waals surface area contributed by atoms with Crippen LogP contribution < -0.4 is 9.97 Å². The molecule has 0 radical (unpaired) electrons. The molecule has 1 saturated carbocycles. The number of pyridine rings is 1. The van der Waals surface area contributed by atoms with E-state index in [1.165, 1.54) is 0 Å². The Labute approximate surface area is 145 Å². The Kier molecular flexibility index (Phi) is 4.13. The monoisotopic (exact) mass is 341 g/mol. The lowest BCUT2D eigenvalue weighted by molar-refractivity contribution is 0.132. The Morgan fingerprint density at radius 3 is 3.20 bits per heavy atom. The highest BCUT2D eigenvalue weighted by Crippen LogP contribution is 2.45. The first-order chi connectivity index (χ1) is 12.2. The van der Waals surface area contributed by atoms with E-state index in [-0.39, 0.29) is 18.1 Å². The first kappa shape index (κ1) is 16.0. The van der Waals surface area contributed by atoms with E-state index >= 15 is 0 Å². The highest BCUT2D eigenvalue weighted by molar-refractivity contribution is 6.52. The number of nitrogens with one attached hydrogen (secondary N) is 2. The van der Waals surface area contributed by atoms with Crippen molar-refractivity contribution in [2.45, 2.75) is 32.2 Å². The molecule has 7 nitrogen and oxygen atoms in total. The van der Waals surface area contributed by atoms with Crippen LogP contribution >= 0.6 is 0 Å². The standard InChI is InChI=1S/C17H20BN3O4/c1-2-5-24-17(22)21-11-6-10(7-11)13-8-18(23)25-14-9-20-16-12(15(13)14)3-4-19-16/h3-4,8-11,23H,2,5-7H2,1H3,(H,19,20)(H,21,22). The van der Waals surface area contributed by atoms with Crippen molar-refractivity contribution in [3.05, 3.63) is 30.0 Å². The third kappa shape index (κ3) is 2.97. The van der Waals surface area contributed by atoms with Gasteiger partial charge in [0, 0.05) is 23.2 Å².